The van der Waals surface area contributed by atoms with Crippen LogP contribution >= 0.6 is 0 Å². The Balaban J connectivity index is 1.75. The van der Waals surface area contributed by atoms with Gasteiger partial charge in [-0.3, -0.25) is 9.78 Å². The minimum atomic E-state index is -0.187. The number of aromatic nitrogens is 3. The molecule has 31 heavy (non-hydrogen) atoms. The fraction of sp³-hybridized carbons (Fsp3) is 0.0385. The number of rotatable bonds is 4. The van der Waals surface area contributed by atoms with Gasteiger partial charge in [0.2, 0.25) is 0 Å². The van der Waals surface area contributed by atoms with Gasteiger partial charge >= 0.3 is 0 Å². The zero-order chi connectivity index (χ0) is 21.2. The molecule has 5 rings (SSSR count). The van der Waals surface area contributed by atoms with E-state index in [1.54, 1.807) is 19.3 Å². The van der Waals surface area contributed by atoms with Crippen LogP contribution in [0.3, 0.4) is 0 Å². The number of ether oxygens (including phenoxy) is 1. The van der Waals surface area contributed by atoms with Gasteiger partial charge in [0.05, 0.1) is 0 Å². The molecule has 0 fully saturated rings. The molecular formula is C26H19N3O2. The number of aryl methyl sites for hydroxylation is 1. The molecule has 0 aliphatic rings. The maximum Gasteiger partial charge on any atom is 0.267 e. The highest BCUT2D eigenvalue weighted by molar-refractivity contribution is 5.99. The van der Waals surface area contributed by atoms with Crippen molar-refractivity contribution in [1.82, 2.24) is 14.8 Å². The van der Waals surface area contributed by atoms with Crippen molar-refractivity contribution in [2.45, 2.75) is 0 Å². The summed E-state index contributed by atoms with van der Waals surface area (Å²) >= 11 is 0. The first-order valence-electron chi connectivity index (χ1n) is 9.94. The molecule has 5 heteroatoms. The summed E-state index contributed by atoms with van der Waals surface area (Å²) in [6.07, 6.45) is 3.60. The quantitative estimate of drug-likeness (QED) is 0.399. The van der Waals surface area contributed by atoms with E-state index in [0.29, 0.717) is 11.4 Å². The molecule has 0 unspecified atom stereocenters. The Morgan fingerprint density at radius 3 is 2.39 bits per heavy atom. The van der Waals surface area contributed by atoms with Crippen LogP contribution in [0.2, 0.25) is 0 Å². The lowest BCUT2D eigenvalue weighted by atomic mass is 9.97. The second-order valence-corrected chi connectivity index (χ2v) is 7.19. The lowest BCUT2D eigenvalue weighted by molar-refractivity contribution is 0.484. The van der Waals surface area contributed by atoms with Crippen molar-refractivity contribution in [3.8, 4) is 33.9 Å². The molecule has 0 atom stereocenters. The molecule has 5 aromatic rings. The maximum atomic E-state index is 12.6. The van der Waals surface area contributed by atoms with E-state index in [4.69, 9.17) is 4.74 Å². The van der Waals surface area contributed by atoms with Crippen molar-refractivity contribution in [3.05, 3.63) is 108 Å². The molecule has 3 aromatic carbocycles. The van der Waals surface area contributed by atoms with E-state index < -0.39 is 0 Å². The van der Waals surface area contributed by atoms with Gasteiger partial charge in [0.25, 0.3) is 5.56 Å². The van der Waals surface area contributed by atoms with Crippen LogP contribution in [-0.4, -0.2) is 14.8 Å². The predicted octanol–water partition coefficient (Wildman–Crippen LogP) is 5.45. The van der Waals surface area contributed by atoms with E-state index in [-0.39, 0.29) is 5.56 Å². The second kappa shape index (κ2) is 7.88. The molecule has 0 aliphatic carbocycles. The van der Waals surface area contributed by atoms with Gasteiger partial charge in [0.1, 0.15) is 17.2 Å². The molecule has 2 heterocycles. The third-order valence-corrected chi connectivity index (χ3v) is 5.16. The van der Waals surface area contributed by atoms with Gasteiger partial charge < -0.3 is 4.74 Å². The van der Waals surface area contributed by atoms with Gasteiger partial charge in [-0.1, -0.05) is 54.6 Å². The van der Waals surface area contributed by atoms with Crippen LogP contribution in [0.5, 0.6) is 11.5 Å². The minimum Gasteiger partial charge on any atom is -0.457 e. The SMILES string of the molecule is Cn1nc(-c2ccccc2Oc2ccccc2)c(-c2cncc3ccccc23)cc1=O. The zero-order valence-electron chi connectivity index (χ0n) is 16.9. The van der Waals surface area contributed by atoms with Gasteiger partial charge in [-0.25, -0.2) is 4.68 Å². The van der Waals surface area contributed by atoms with Gasteiger partial charge in [0, 0.05) is 47.6 Å². The number of nitrogens with zero attached hydrogens (tertiary/aromatic N) is 3. The second-order valence-electron chi connectivity index (χ2n) is 7.19. The standard InChI is InChI=1S/C26H19N3O2/c1-29-25(30)15-22(23-17-27-16-18-9-5-6-12-20(18)23)26(28-29)21-13-7-8-14-24(21)31-19-10-3-2-4-11-19/h2-17H,1H3. The summed E-state index contributed by atoms with van der Waals surface area (Å²) in [4.78, 5) is 17.0. The van der Waals surface area contributed by atoms with Crippen molar-refractivity contribution in [3.63, 3.8) is 0 Å². The number of benzene rings is 3. The molecule has 5 nitrogen and oxygen atoms in total. The molecule has 0 radical (unpaired) electrons. The van der Waals surface area contributed by atoms with Crippen LogP contribution in [0.1, 0.15) is 0 Å². The van der Waals surface area contributed by atoms with Crippen LogP contribution in [-0.2, 0) is 7.05 Å². The summed E-state index contributed by atoms with van der Waals surface area (Å²) in [5.41, 5.74) is 2.84. The van der Waals surface area contributed by atoms with Crippen LogP contribution in [0, 0.1) is 0 Å². The number of hydrogen-bond acceptors (Lipinski definition) is 4. The smallest absolute Gasteiger partial charge is 0.267 e. The zero-order valence-corrected chi connectivity index (χ0v) is 16.9. The predicted molar refractivity (Wildman–Crippen MR) is 122 cm³/mol. The fourth-order valence-electron chi connectivity index (χ4n) is 3.64. The lowest BCUT2D eigenvalue weighted by Crippen LogP contribution is -2.19. The maximum absolute atomic E-state index is 12.6. The van der Waals surface area contributed by atoms with E-state index in [9.17, 15) is 4.79 Å². The Hall–Kier alpha value is -4.25. The van der Waals surface area contributed by atoms with Gasteiger partial charge in [0.15, 0.2) is 0 Å². The number of fused-ring (bicyclic) bond motifs is 1. The molecule has 2 aromatic heterocycles. The van der Waals surface area contributed by atoms with Crippen molar-refractivity contribution < 1.29 is 4.74 Å². The summed E-state index contributed by atoms with van der Waals surface area (Å²) < 4.78 is 7.51. The van der Waals surface area contributed by atoms with Crippen molar-refractivity contribution >= 4 is 10.8 Å². The monoisotopic (exact) mass is 405 g/mol. The van der Waals surface area contributed by atoms with Gasteiger partial charge in [-0.2, -0.15) is 5.10 Å². The largest absolute Gasteiger partial charge is 0.457 e. The van der Waals surface area contributed by atoms with Crippen molar-refractivity contribution in [1.29, 1.82) is 0 Å². The van der Waals surface area contributed by atoms with Crippen LogP contribution in [0.15, 0.2) is 102 Å². The summed E-state index contributed by atoms with van der Waals surface area (Å²) in [6.45, 7) is 0. The van der Waals surface area contributed by atoms with Crippen LogP contribution in [0.25, 0.3) is 33.2 Å². The van der Waals surface area contributed by atoms with Crippen LogP contribution in [0.4, 0.5) is 0 Å². The minimum absolute atomic E-state index is 0.187. The normalized spacial score (nSPS) is 10.9. The Bertz CT molecular complexity index is 1440. The van der Waals surface area contributed by atoms with E-state index >= 15 is 0 Å². The number of para-hydroxylation sites is 2. The molecule has 0 saturated carbocycles. The average Bonchev–Trinajstić information content (AvgIpc) is 2.81. The first kappa shape index (κ1) is 18.8. The summed E-state index contributed by atoms with van der Waals surface area (Å²) in [7, 11) is 1.65. The highest BCUT2D eigenvalue weighted by atomic mass is 16.5. The summed E-state index contributed by atoms with van der Waals surface area (Å²) in [5.74, 6) is 1.39. The fourth-order valence-corrected chi connectivity index (χ4v) is 3.64. The molecule has 0 amide bonds. The third-order valence-electron chi connectivity index (χ3n) is 5.16. The molecular weight excluding hydrogens is 386 g/mol. The molecule has 0 N–H and O–H groups in total. The molecule has 0 bridgehead atoms. The van der Waals surface area contributed by atoms with E-state index in [0.717, 1.165) is 33.2 Å². The molecule has 150 valence electrons. The Kier molecular flexibility index (Phi) is 4.77. The topological polar surface area (TPSA) is 57.0 Å². The number of pyridine rings is 1. The van der Waals surface area contributed by atoms with E-state index in [1.165, 1.54) is 4.68 Å². The van der Waals surface area contributed by atoms with Gasteiger partial charge in [-0.15, -0.1) is 0 Å². The average molecular weight is 405 g/mol. The molecule has 0 spiro atoms. The first-order chi connectivity index (χ1) is 15.2. The van der Waals surface area contributed by atoms with E-state index in [1.807, 2.05) is 85.1 Å². The summed E-state index contributed by atoms with van der Waals surface area (Å²) in [6, 6.07) is 26.9. The third kappa shape index (κ3) is 3.57. The Morgan fingerprint density at radius 2 is 1.52 bits per heavy atom. The summed E-state index contributed by atoms with van der Waals surface area (Å²) in [5, 5.41) is 6.63. The first-order valence-corrected chi connectivity index (χ1v) is 9.94. The highest BCUT2D eigenvalue weighted by Crippen LogP contribution is 2.38. The Labute approximate surface area is 179 Å². The van der Waals surface area contributed by atoms with Gasteiger partial charge in [-0.05, 0) is 29.7 Å². The Morgan fingerprint density at radius 1 is 0.774 bits per heavy atom. The highest BCUT2D eigenvalue weighted by Gasteiger charge is 2.18. The van der Waals surface area contributed by atoms with Crippen LogP contribution < -0.4 is 10.3 Å². The number of hydrogen-bond donors (Lipinski definition) is 0. The molecule has 0 saturated heterocycles. The van der Waals surface area contributed by atoms with E-state index in [2.05, 4.69) is 10.1 Å². The molecule has 0 aliphatic heterocycles. The lowest BCUT2D eigenvalue weighted by Gasteiger charge is -2.15. The van der Waals surface area contributed by atoms with Crippen molar-refractivity contribution in [2.75, 3.05) is 0 Å². The van der Waals surface area contributed by atoms with Crippen molar-refractivity contribution in [2.24, 2.45) is 7.05 Å².